The van der Waals surface area contributed by atoms with Crippen LogP contribution in [0.15, 0.2) is 72.1 Å². The first-order valence-corrected chi connectivity index (χ1v) is 13.7. The molecule has 1 saturated carbocycles. The molecule has 2 heterocycles. The number of benzene rings is 2. The van der Waals surface area contributed by atoms with Crippen LogP contribution in [0.3, 0.4) is 0 Å². The molecular formula is C32H42N2O2. The minimum absolute atomic E-state index is 0.165. The molecule has 3 aliphatic rings. The second kappa shape index (κ2) is 9.08. The molecule has 1 fully saturated rings. The summed E-state index contributed by atoms with van der Waals surface area (Å²) in [5, 5.41) is 22.8. The summed E-state index contributed by atoms with van der Waals surface area (Å²) >= 11 is 0. The molecule has 5 rings (SSSR count). The molecular weight excluding hydrogens is 444 g/mol. The lowest BCUT2D eigenvalue weighted by Crippen LogP contribution is -2.54. The van der Waals surface area contributed by atoms with E-state index in [1.807, 2.05) is 0 Å². The standard InChI is InChI=1S/C32H42N2O2/c1-7-17-33-25-15-11-9-13-23(25)31(3,4)27(33)19-21-29(35)22(30(21)36)20-28-32(5,6)24-14-10-12-16-26(24)34(28)18-8-2/h9-16,19-22,29-30,35-36H,7-8,17-18H2,1-6H3/b27-19+,28-20+. The van der Waals surface area contributed by atoms with E-state index < -0.39 is 12.2 Å². The van der Waals surface area contributed by atoms with E-state index in [2.05, 4.69) is 112 Å². The molecule has 0 radical (unpaired) electrons. The zero-order valence-electron chi connectivity index (χ0n) is 22.7. The molecule has 4 heteroatoms. The van der Waals surface area contributed by atoms with Gasteiger partial charge in [0.15, 0.2) is 0 Å². The average molecular weight is 487 g/mol. The van der Waals surface area contributed by atoms with Crippen molar-refractivity contribution >= 4 is 11.4 Å². The SMILES string of the molecule is CCCN1/C(=C/C2C(O)C(/C=C3/N(CCC)c4ccccc4C3(C)C)C2O)C(C)(C)c2ccccc21. The van der Waals surface area contributed by atoms with Gasteiger partial charge < -0.3 is 20.0 Å². The van der Waals surface area contributed by atoms with Crippen molar-refractivity contribution in [3.63, 3.8) is 0 Å². The average Bonchev–Trinajstić information content (AvgIpc) is 3.20. The lowest BCUT2D eigenvalue weighted by molar-refractivity contribution is -0.111. The third-order valence-electron chi connectivity index (χ3n) is 8.77. The second-order valence-corrected chi connectivity index (χ2v) is 11.8. The highest BCUT2D eigenvalue weighted by Crippen LogP contribution is 2.52. The van der Waals surface area contributed by atoms with Gasteiger partial charge in [-0.3, -0.25) is 0 Å². The molecule has 2 aliphatic heterocycles. The first-order chi connectivity index (χ1) is 17.1. The van der Waals surface area contributed by atoms with Crippen molar-refractivity contribution in [3.05, 3.63) is 83.2 Å². The maximum absolute atomic E-state index is 11.4. The molecule has 0 aromatic heterocycles. The van der Waals surface area contributed by atoms with Crippen LogP contribution in [0, 0.1) is 11.8 Å². The quantitative estimate of drug-likeness (QED) is 0.515. The van der Waals surface area contributed by atoms with Crippen molar-refractivity contribution in [1.29, 1.82) is 0 Å². The van der Waals surface area contributed by atoms with Crippen molar-refractivity contribution in [2.24, 2.45) is 11.8 Å². The molecule has 0 bridgehead atoms. The summed E-state index contributed by atoms with van der Waals surface area (Å²) in [5.41, 5.74) is 7.18. The molecule has 36 heavy (non-hydrogen) atoms. The summed E-state index contributed by atoms with van der Waals surface area (Å²) in [4.78, 5) is 4.78. The zero-order valence-corrected chi connectivity index (χ0v) is 22.7. The van der Waals surface area contributed by atoms with Crippen LogP contribution in [-0.2, 0) is 10.8 Å². The third-order valence-corrected chi connectivity index (χ3v) is 8.77. The van der Waals surface area contributed by atoms with Crippen molar-refractivity contribution in [2.45, 2.75) is 77.4 Å². The Morgan fingerprint density at radius 3 is 1.39 bits per heavy atom. The van der Waals surface area contributed by atoms with E-state index in [1.165, 1.54) is 33.9 Å². The monoisotopic (exact) mass is 486 g/mol. The molecule has 0 atom stereocenters. The summed E-state index contributed by atoms with van der Waals surface area (Å²) in [6, 6.07) is 17.2. The Bertz CT molecular complexity index is 1090. The van der Waals surface area contributed by atoms with Crippen LogP contribution in [0.2, 0.25) is 0 Å². The van der Waals surface area contributed by atoms with Gasteiger partial charge in [-0.15, -0.1) is 0 Å². The van der Waals surface area contributed by atoms with Gasteiger partial charge in [0.2, 0.25) is 0 Å². The minimum Gasteiger partial charge on any atom is -0.392 e. The van der Waals surface area contributed by atoms with E-state index in [9.17, 15) is 10.2 Å². The summed E-state index contributed by atoms with van der Waals surface area (Å²) in [7, 11) is 0. The van der Waals surface area contributed by atoms with Crippen LogP contribution >= 0.6 is 0 Å². The molecule has 1 aliphatic carbocycles. The van der Waals surface area contributed by atoms with E-state index in [0.717, 1.165) is 25.9 Å². The van der Waals surface area contributed by atoms with Gasteiger partial charge in [-0.2, -0.15) is 0 Å². The number of rotatable bonds is 6. The van der Waals surface area contributed by atoms with Gasteiger partial charge >= 0.3 is 0 Å². The highest BCUT2D eigenvalue weighted by atomic mass is 16.3. The summed E-state index contributed by atoms with van der Waals surface area (Å²) in [5.74, 6) is -0.553. The summed E-state index contributed by atoms with van der Waals surface area (Å²) in [6.07, 6.45) is 5.19. The number of hydrogen-bond acceptors (Lipinski definition) is 4. The van der Waals surface area contributed by atoms with E-state index in [4.69, 9.17) is 0 Å². The smallest absolute Gasteiger partial charge is 0.0716 e. The fourth-order valence-electron chi connectivity index (χ4n) is 6.74. The van der Waals surface area contributed by atoms with Crippen LogP contribution in [0.25, 0.3) is 0 Å². The van der Waals surface area contributed by atoms with Crippen LogP contribution in [0.4, 0.5) is 11.4 Å². The van der Waals surface area contributed by atoms with Crippen LogP contribution in [0.1, 0.15) is 65.5 Å². The van der Waals surface area contributed by atoms with Crippen molar-refractivity contribution in [2.75, 3.05) is 22.9 Å². The molecule has 2 N–H and O–H groups in total. The Hall–Kier alpha value is -2.56. The van der Waals surface area contributed by atoms with Crippen molar-refractivity contribution < 1.29 is 10.2 Å². The van der Waals surface area contributed by atoms with Gasteiger partial charge in [0.25, 0.3) is 0 Å². The fraction of sp³-hybridized carbons (Fsp3) is 0.500. The number of fused-ring (bicyclic) bond motifs is 2. The molecule has 0 unspecified atom stereocenters. The molecule has 4 nitrogen and oxygen atoms in total. The Kier molecular flexibility index (Phi) is 6.33. The van der Waals surface area contributed by atoms with E-state index in [1.54, 1.807) is 0 Å². The van der Waals surface area contributed by atoms with Crippen molar-refractivity contribution in [1.82, 2.24) is 0 Å². The summed E-state index contributed by atoms with van der Waals surface area (Å²) in [6.45, 7) is 15.3. The Labute approximate surface area is 216 Å². The number of nitrogens with zero attached hydrogens (tertiary/aromatic N) is 2. The zero-order chi connectivity index (χ0) is 25.8. The molecule has 0 spiro atoms. The van der Waals surface area contributed by atoms with Gasteiger partial charge in [-0.1, -0.05) is 90.1 Å². The molecule has 192 valence electrons. The second-order valence-electron chi connectivity index (χ2n) is 11.8. The van der Waals surface area contributed by atoms with E-state index in [0.29, 0.717) is 0 Å². The van der Waals surface area contributed by atoms with Gasteiger partial charge in [0, 0.05) is 58.5 Å². The largest absolute Gasteiger partial charge is 0.392 e. The molecule has 2 aromatic carbocycles. The number of hydrogen-bond donors (Lipinski definition) is 2. The minimum atomic E-state index is -0.606. The van der Waals surface area contributed by atoms with Crippen LogP contribution in [0.5, 0.6) is 0 Å². The summed E-state index contributed by atoms with van der Waals surface area (Å²) < 4.78 is 0. The Balaban J connectivity index is 1.46. The first-order valence-electron chi connectivity index (χ1n) is 13.7. The number of aliphatic hydroxyl groups excluding tert-OH is 2. The Morgan fingerprint density at radius 2 is 1.03 bits per heavy atom. The highest BCUT2D eigenvalue weighted by Gasteiger charge is 2.51. The Morgan fingerprint density at radius 1 is 0.667 bits per heavy atom. The topological polar surface area (TPSA) is 46.9 Å². The normalized spacial score (nSPS) is 30.0. The van der Waals surface area contributed by atoms with Gasteiger partial charge in [-0.05, 0) is 36.1 Å². The third kappa shape index (κ3) is 3.64. The fourth-order valence-corrected chi connectivity index (χ4v) is 6.74. The van der Waals surface area contributed by atoms with Gasteiger partial charge in [0.1, 0.15) is 0 Å². The van der Waals surface area contributed by atoms with Crippen molar-refractivity contribution in [3.8, 4) is 0 Å². The van der Waals surface area contributed by atoms with Crippen LogP contribution in [-0.4, -0.2) is 35.5 Å². The maximum Gasteiger partial charge on any atom is 0.0716 e. The lowest BCUT2D eigenvalue weighted by Gasteiger charge is -2.46. The van der Waals surface area contributed by atoms with Crippen LogP contribution < -0.4 is 9.80 Å². The maximum atomic E-state index is 11.4. The van der Waals surface area contributed by atoms with E-state index in [-0.39, 0.29) is 22.7 Å². The predicted molar refractivity (Wildman–Crippen MR) is 149 cm³/mol. The number of aliphatic hydroxyl groups is 2. The lowest BCUT2D eigenvalue weighted by atomic mass is 9.66. The number of anilines is 2. The van der Waals surface area contributed by atoms with E-state index >= 15 is 0 Å². The highest BCUT2D eigenvalue weighted by molar-refractivity contribution is 5.71. The molecule has 0 amide bonds. The number of para-hydroxylation sites is 2. The van der Waals surface area contributed by atoms with Gasteiger partial charge in [-0.25, -0.2) is 0 Å². The predicted octanol–water partition coefficient (Wildman–Crippen LogP) is 6.14. The van der Waals surface area contributed by atoms with Gasteiger partial charge in [0.05, 0.1) is 12.2 Å². The molecule has 2 aromatic rings. The number of allylic oxidation sites excluding steroid dienone is 2. The first kappa shape index (κ1) is 25.1. The molecule has 0 saturated heterocycles.